The molecule has 1 aromatic heterocycles. The SMILES string of the molecule is CCC1(C)CN(Cc2csc(C)n2)c2ccccc2CN1. The first-order valence-corrected chi connectivity index (χ1v) is 8.46. The molecule has 0 saturated heterocycles. The number of para-hydroxylation sites is 1. The Bertz CT molecular complexity index is 622. The third-order valence-corrected chi connectivity index (χ3v) is 5.20. The number of hydrogen-bond donors (Lipinski definition) is 1. The molecule has 4 heteroatoms. The van der Waals surface area contributed by atoms with Crippen molar-refractivity contribution >= 4 is 17.0 Å². The number of fused-ring (bicyclic) bond motifs is 1. The molecule has 0 radical (unpaired) electrons. The van der Waals surface area contributed by atoms with Crippen molar-refractivity contribution in [3.63, 3.8) is 0 Å². The number of nitrogens with zero attached hydrogens (tertiary/aromatic N) is 2. The van der Waals surface area contributed by atoms with E-state index in [0.29, 0.717) is 0 Å². The van der Waals surface area contributed by atoms with Crippen LogP contribution in [-0.4, -0.2) is 17.1 Å². The highest BCUT2D eigenvalue weighted by Crippen LogP contribution is 2.29. The largest absolute Gasteiger partial charge is 0.363 e. The molecular weight excluding hydrogens is 278 g/mol. The molecule has 0 bridgehead atoms. The molecule has 2 aromatic rings. The maximum Gasteiger partial charge on any atom is 0.0898 e. The molecule has 21 heavy (non-hydrogen) atoms. The van der Waals surface area contributed by atoms with Gasteiger partial charge in [0.2, 0.25) is 0 Å². The number of thiazole rings is 1. The van der Waals surface area contributed by atoms with Crippen LogP contribution in [0.4, 0.5) is 5.69 Å². The van der Waals surface area contributed by atoms with Crippen LogP contribution in [0.3, 0.4) is 0 Å². The monoisotopic (exact) mass is 301 g/mol. The van der Waals surface area contributed by atoms with Gasteiger partial charge in [0.25, 0.3) is 0 Å². The Morgan fingerprint density at radius 3 is 2.90 bits per heavy atom. The van der Waals surface area contributed by atoms with Gasteiger partial charge in [-0.2, -0.15) is 0 Å². The minimum absolute atomic E-state index is 0.143. The fourth-order valence-corrected chi connectivity index (χ4v) is 3.50. The lowest BCUT2D eigenvalue weighted by Crippen LogP contribution is -2.48. The van der Waals surface area contributed by atoms with Gasteiger partial charge in [0, 0.05) is 29.7 Å². The molecule has 112 valence electrons. The summed E-state index contributed by atoms with van der Waals surface area (Å²) in [4.78, 5) is 7.12. The van der Waals surface area contributed by atoms with Crippen LogP contribution in [0.2, 0.25) is 0 Å². The van der Waals surface area contributed by atoms with E-state index in [1.165, 1.54) is 16.9 Å². The maximum absolute atomic E-state index is 4.64. The van der Waals surface area contributed by atoms with Crippen LogP contribution < -0.4 is 10.2 Å². The van der Waals surface area contributed by atoms with Crippen molar-refractivity contribution in [3.8, 4) is 0 Å². The van der Waals surface area contributed by atoms with Crippen LogP contribution in [0, 0.1) is 6.92 Å². The summed E-state index contributed by atoms with van der Waals surface area (Å²) in [5, 5.41) is 7.05. The van der Waals surface area contributed by atoms with E-state index in [1.54, 1.807) is 11.3 Å². The van der Waals surface area contributed by atoms with E-state index in [4.69, 9.17) is 0 Å². The van der Waals surface area contributed by atoms with E-state index in [1.807, 2.05) is 0 Å². The molecule has 0 saturated carbocycles. The first-order valence-electron chi connectivity index (χ1n) is 7.58. The zero-order valence-electron chi connectivity index (χ0n) is 13.0. The summed E-state index contributed by atoms with van der Waals surface area (Å²) < 4.78 is 0. The summed E-state index contributed by atoms with van der Waals surface area (Å²) in [6.45, 7) is 9.48. The summed E-state index contributed by atoms with van der Waals surface area (Å²) in [7, 11) is 0. The van der Waals surface area contributed by atoms with E-state index in [2.05, 4.69) is 65.6 Å². The number of anilines is 1. The quantitative estimate of drug-likeness (QED) is 0.936. The molecule has 0 amide bonds. The minimum Gasteiger partial charge on any atom is -0.363 e. The van der Waals surface area contributed by atoms with Gasteiger partial charge in [-0.15, -0.1) is 11.3 Å². The number of aromatic nitrogens is 1. The molecule has 2 heterocycles. The molecule has 1 aromatic carbocycles. The molecule has 0 aliphatic carbocycles. The predicted molar refractivity (Wildman–Crippen MR) is 89.9 cm³/mol. The summed E-state index contributed by atoms with van der Waals surface area (Å²) in [5.74, 6) is 0. The number of rotatable bonds is 3. The van der Waals surface area contributed by atoms with Gasteiger partial charge < -0.3 is 10.2 Å². The van der Waals surface area contributed by atoms with Crippen molar-refractivity contribution < 1.29 is 0 Å². The predicted octanol–water partition coefficient (Wildman–Crippen LogP) is 3.73. The summed E-state index contributed by atoms with van der Waals surface area (Å²) in [6, 6.07) is 8.72. The van der Waals surface area contributed by atoms with Crippen molar-refractivity contribution in [2.45, 2.75) is 45.8 Å². The lowest BCUT2D eigenvalue weighted by molar-refractivity contribution is 0.348. The van der Waals surface area contributed by atoms with Crippen LogP contribution in [0.25, 0.3) is 0 Å². The van der Waals surface area contributed by atoms with E-state index in [9.17, 15) is 0 Å². The Labute approximate surface area is 131 Å². The van der Waals surface area contributed by atoms with Gasteiger partial charge in [-0.3, -0.25) is 0 Å². The topological polar surface area (TPSA) is 28.2 Å². The molecule has 0 spiro atoms. The Hall–Kier alpha value is -1.39. The molecule has 1 atom stereocenters. The second-order valence-electron chi connectivity index (χ2n) is 6.11. The lowest BCUT2D eigenvalue weighted by atomic mass is 9.98. The number of benzene rings is 1. The third kappa shape index (κ3) is 3.11. The Morgan fingerprint density at radius 1 is 1.38 bits per heavy atom. The molecule has 0 fully saturated rings. The smallest absolute Gasteiger partial charge is 0.0898 e. The highest BCUT2D eigenvalue weighted by atomic mass is 32.1. The van der Waals surface area contributed by atoms with Crippen molar-refractivity contribution in [1.82, 2.24) is 10.3 Å². The summed E-state index contributed by atoms with van der Waals surface area (Å²) in [6.07, 6.45) is 1.12. The molecule has 1 aliphatic rings. The van der Waals surface area contributed by atoms with Gasteiger partial charge in [0.15, 0.2) is 0 Å². The number of nitrogens with one attached hydrogen (secondary N) is 1. The zero-order valence-corrected chi connectivity index (χ0v) is 13.8. The third-order valence-electron chi connectivity index (χ3n) is 4.38. The van der Waals surface area contributed by atoms with E-state index in [0.717, 1.165) is 31.1 Å². The van der Waals surface area contributed by atoms with Gasteiger partial charge in [-0.1, -0.05) is 25.1 Å². The number of aryl methyl sites for hydroxylation is 1. The molecule has 3 rings (SSSR count). The van der Waals surface area contributed by atoms with Gasteiger partial charge in [0.1, 0.15) is 0 Å². The van der Waals surface area contributed by atoms with Crippen LogP contribution in [0.1, 0.15) is 36.5 Å². The van der Waals surface area contributed by atoms with E-state index >= 15 is 0 Å². The van der Waals surface area contributed by atoms with Crippen molar-refractivity contribution in [1.29, 1.82) is 0 Å². The van der Waals surface area contributed by atoms with Gasteiger partial charge >= 0.3 is 0 Å². The van der Waals surface area contributed by atoms with E-state index < -0.39 is 0 Å². The second kappa shape index (κ2) is 5.78. The van der Waals surface area contributed by atoms with Gasteiger partial charge in [-0.05, 0) is 31.9 Å². The fourth-order valence-electron chi connectivity index (χ4n) is 2.89. The average Bonchev–Trinajstić information content (AvgIpc) is 2.83. The first kappa shape index (κ1) is 14.5. The minimum atomic E-state index is 0.143. The lowest BCUT2D eigenvalue weighted by Gasteiger charge is -2.34. The standard InChI is InChI=1S/C17H23N3S/c1-4-17(3)12-20(10-15-11-21-13(2)19-15)16-8-6-5-7-14(16)9-18-17/h5-8,11,18H,4,9-10,12H2,1-3H3. The van der Waals surface area contributed by atoms with Crippen LogP contribution in [-0.2, 0) is 13.1 Å². The second-order valence-corrected chi connectivity index (χ2v) is 7.17. The van der Waals surface area contributed by atoms with Crippen LogP contribution >= 0.6 is 11.3 Å². The Kier molecular flexibility index (Phi) is 4.00. The summed E-state index contributed by atoms with van der Waals surface area (Å²) >= 11 is 1.73. The van der Waals surface area contributed by atoms with Gasteiger partial charge in [0.05, 0.1) is 17.2 Å². The van der Waals surface area contributed by atoms with E-state index in [-0.39, 0.29) is 5.54 Å². The van der Waals surface area contributed by atoms with Gasteiger partial charge in [-0.25, -0.2) is 4.98 Å². The summed E-state index contributed by atoms with van der Waals surface area (Å²) in [5.41, 5.74) is 4.03. The first-order chi connectivity index (χ1) is 10.1. The van der Waals surface area contributed by atoms with Crippen LogP contribution in [0.15, 0.2) is 29.6 Å². The Morgan fingerprint density at radius 2 is 2.19 bits per heavy atom. The fraction of sp³-hybridized carbons (Fsp3) is 0.471. The maximum atomic E-state index is 4.64. The number of hydrogen-bond acceptors (Lipinski definition) is 4. The average molecular weight is 301 g/mol. The zero-order chi connectivity index (χ0) is 14.9. The molecule has 1 unspecified atom stereocenters. The molecule has 1 aliphatic heterocycles. The molecule has 1 N–H and O–H groups in total. The van der Waals surface area contributed by atoms with Crippen molar-refractivity contribution in [3.05, 3.63) is 45.9 Å². The van der Waals surface area contributed by atoms with Crippen molar-refractivity contribution in [2.24, 2.45) is 0 Å². The van der Waals surface area contributed by atoms with Crippen LogP contribution in [0.5, 0.6) is 0 Å². The Balaban J connectivity index is 1.93. The molecular formula is C17H23N3S. The highest BCUT2D eigenvalue weighted by Gasteiger charge is 2.29. The van der Waals surface area contributed by atoms with Crippen molar-refractivity contribution in [2.75, 3.05) is 11.4 Å². The highest BCUT2D eigenvalue weighted by molar-refractivity contribution is 7.09. The molecule has 3 nitrogen and oxygen atoms in total. The normalized spacial score (nSPS) is 22.0.